The minimum Gasteiger partial charge on any atom is -0.466 e. The van der Waals surface area contributed by atoms with Gasteiger partial charge in [0.15, 0.2) is 0 Å². The second-order valence-corrected chi connectivity index (χ2v) is 6.75. The summed E-state index contributed by atoms with van der Waals surface area (Å²) in [4.78, 5) is 47.0. The van der Waals surface area contributed by atoms with Crippen LogP contribution < -0.4 is 0 Å². The SMILES string of the molecule is CCC(=O)CCC(=O)CC(C1CCOC(=O)C1)C1CCOC(=O)C1. The van der Waals surface area contributed by atoms with Crippen molar-refractivity contribution in [1.29, 1.82) is 0 Å². The van der Waals surface area contributed by atoms with Crippen molar-refractivity contribution in [1.82, 2.24) is 0 Å². The molecule has 2 saturated heterocycles. The van der Waals surface area contributed by atoms with Gasteiger partial charge in [-0.2, -0.15) is 0 Å². The molecule has 0 amide bonds. The van der Waals surface area contributed by atoms with E-state index in [1.807, 2.05) is 0 Å². The summed E-state index contributed by atoms with van der Waals surface area (Å²) in [5.41, 5.74) is 0. The molecular formula is C18H26O6. The summed E-state index contributed by atoms with van der Waals surface area (Å²) < 4.78 is 10.0. The van der Waals surface area contributed by atoms with Crippen LogP contribution in [0.25, 0.3) is 0 Å². The standard InChI is InChI=1S/C18H26O6/c1-2-14(19)3-4-15(20)11-16(12-5-7-23-17(21)9-12)13-6-8-24-18(22)10-13/h12-13,16H,2-11H2,1H3. The molecule has 0 bridgehead atoms. The van der Waals surface area contributed by atoms with Crippen molar-refractivity contribution in [3.05, 3.63) is 0 Å². The summed E-state index contributed by atoms with van der Waals surface area (Å²) in [7, 11) is 0. The number of esters is 2. The molecule has 0 spiro atoms. The van der Waals surface area contributed by atoms with Crippen LogP contribution in [-0.2, 0) is 28.7 Å². The molecule has 2 rings (SSSR count). The maximum atomic E-state index is 12.3. The number of rotatable bonds is 8. The summed E-state index contributed by atoms with van der Waals surface area (Å²) in [5.74, 6) is -0.232. The van der Waals surface area contributed by atoms with Gasteiger partial charge in [0, 0.05) is 38.5 Å². The van der Waals surface area contributed by atoms with E-state index in [1.165, 1.54) is 0 Å². The predicted octanol–water partition coefficient (Wildman–Crippen LogP) is 2.23. The summed E-state index contributed by atoms with van der Waals surface area (Å²) in [5, 5.41) is 0. The van der Waals surface area contributed by atoms with E-state index in [1.54, 1.807) is 6.92 Å². The lowest BCUT2D eigenvalue weighted by molar-refractivity contribution is -0.154. The zero-order valence-corrected chi connectivity index (χ0v) is 14.3. The van der Waals surface area contributed by atoms with Gasteiger partial charge >= 0.3 is 11.9 Å². The van der Waals surface area contributed by atoms with E-state index >= 15 is 0 Å². The zero-order valence-electron chi connectivity index (χ0n) is 14.3. The second kappa shape index (κ2) is 8.94. The topological polar surface area (TPSA) is 86.7 Å². The lowest BCUT2D eigenvalue weighted by Crippen LogP contribution is -2.36. The third-order valence-electron chi connectivity index (χ3n) is 5.11. The Morgan fingerprint density at radius 2 is 1.46 bits per heavy atom. The van der Waals surface area contributed by atoms with Crippen molar-refractivity contribution in [2.24, 2.45) is 17.8 Å². The minimum atomic E-state index is -0.233. The summed E-state index contributed by atoms with van der Waals surface area (Å²) >= 11 is 0. The number of cyclic esters (lactones) is 2. The average molecular weight is 338 g/mol. The average Bonchev–Trinajstić information content (AvgIpc) is 2.57. The van der Waals surface area contributed by atoms with Crippen LogP contribution in [0.5, 0.6) is 0 Å². The van der Waals surface area contributed by atoms with Crippen LogP contribution in [0.15, 0.2) is 0 Å². The molecule has 0 aromatic heterocycles. The van der Waals surface area contributed by atoms with Gasteiger partial charge in [-0.05, 0) is 30.6 Å². The van der Waals surface area contributed by atoms with E-state index in [9.17, 15) is 19.2 Å². The monoisotopic (exact) mass is 338 g/mol. The highest BCUT2D eigenvalue weighted by Gasteiger charge is 2.37. The van der Waals surface area contributed by atoms with Crippen LogP contribution in [0.1, 0.15) is 58.3 Å². The quantitative estimate of drug-likeness (QED) is 0.631. The molecule has 2 aliphatic rings. The van der Waals surface area contributed by atoms with Gasteiger partial charge < -0.3 is 9.47 Å². The van der Waals surface area contributed by atoms with Crippen molar-refractivity contribution >= 4 is 23.5 Å². The zero-order chi connectivity index (χ0) is 17.5. The molecule has 0 radical (unpaired) electrons. The molecule has 24 heavy (non-hydrogen) atoms. The Kier molecular flexibility index (Phi) is 6.94. The first-order valence-electron chi connectivity index (χ1n) is 8.84. The fourth-order valence-electron chi connectivity index (χ4n) is 3.67. The van der Waals surface area contributed by atoms with Gasteiger partial charge in [-0.1, -0.05) is 6.92 Å². The molecule has 2 heterocycles. The van der Waals surface area contributed by atoms with Gasteiger partial charge in [0.25, 0.3) is 0 Å². The van der Waals surface area contributed by atoms with E-state index in [-0.39, 0.29) is 54.1 Å². The number of ketones is 2. The molecule has 0 N–H and O–H groups in total. The highest BCUT2D eigenvalue weighted by atomic mass is 16.5. The number of Topliss-reactive ketones (excluding diaryl/α,β-unsaturated/α-hetero) is 2. The molecule has 2 unspecified atom stereocenters. The number of hydrogen-bond donors (Lipinski definition) is 0. The fourth-order valence-corrected chi connectivity index (χ4v) is 3.67. The van der Waals surface area contributed by atoms with Gasteiger partial charge in [-0.15, -0.1) is 0 Å². The fraction of sp³-hybridized carbons (Fsp3) is 0.778. The van der Waals surface area contributed by atoms with Gasteiger partial charge in [-0.25, -0.2) is 0 Å². The highest BCUT2D eigenvalue weighted by molar-refractivity contribution is 5.86. The van der Waals surface area contributed by atoms with Crippen molar-refractivity contribution in [3.63, 3.8) is 0 Å². The lowest BCUT2D eigenvalue weighted by atomic mass is 9.72. The normalized spacial score (nSPS) is 25.5. The molecule has 6 heteroatoms. The molecule has 0 saturated carbocycles. The minimum absolute atomic E-state index is 0.0186. The van der Waals surface area contributed by atoms with Crippen LogP contribution in [0, 0.1) is 17.8 Å². The third kappa shape index (κ3) is 5.42. The molecule has 2 aliphatic heterocycles. The maximum absolute atomic E-state index is 12.3. The van der Waals surface area contributed by atoms with Crippen molar-refractivity contribution < 1.29 is 28.7 Å². The first-order valence-corrected chi connectivity index (χ1v) is 8.84. The first-order chi connectivity index (χ1) is 11.5. The molecule has 0 aliphatic carbocycles. The van der Waals surface area contributed by atoms with E-state index in [0.29, 0.717) is 38.9 Å². The van der Waals surface area contributed by atoms with E-state index in [0.717, 1.165) is 12.8 Å². The Labute approximate surface area is 142 Å². The smallest absolute Gasteiger partial charge is 0.306 e. The number of ether oxygens (including phenoxy) is 2. The van der Waals surface area contributed by atoms with Crippen molar-refractivity contribution in [2.45, 2.75) is 58.3 Å². The van der Waals surface area contributed by atoms with Gasteiger partial charge in [0.1, 0.15) is 11.6 Å². The molecule has 134 valence electrons. The molecule has 2 fully saturated rings. The maximum Gasteiger partial charge on any atom is 0.306 e. The van der Waals surface area contributed by atoms with Crippen molar-refractivity contribution in [2.75, 3.05) is 13.2 Å². The number of carbonyl (C=O) groups is 4. The first kappa shape index (κ1) is 18.6. The van der Waals surface area contributed by atoms with Gasteiger partial charge in [0.05, 0.1) is 13.2 Å². The summed E-state index contributed by atoms with van der Waals surface area (Å²) in [6, 6.07) is 0. The van der Waals surface area contributed by atoms with Crippen LogP contribution in [0.4, 0.5) is 0 Å². The van der Waals surface area contributed by atoms with E-state index in [4.69, 9.17) is 9.47 Å². The molecular weight excluding hydrogens is 312 g/mol. The van der Waals surface area contributed by atoms with Crippen LogP contribution in [-0.4, -0.2) is 36.7 Å². The van der Waals surface area contributed by atoms with Crippen LogP contribution in [0.3, 0.4) is 0 Å². The lowest BCUT2D eigenvalue weighted by Gasteiger charge is -2.36. The van der Waals surface area contributed by atoms with E-state index < -0.39 is 0 Å². The Morgan fingerprint density at radius 3 is 1.92 bits per heavy atom. The Bertz CT molecular complexity index is 470. The Hall–Kier alpha value is -1.72. The Morgan fingerprint density at radius 1 is 0.958 bits per heavy atom. The highest BCUT2D eigenvalue weighted by Crippen LogP contribution is 2.38. The molecule has 0 aromatic carbocycles. The molecule has 6 nitrogen and oxygen atoms in total. The van der Waals surface area contributed by atoms with Crippen LogP contribution in [0.2, 0.25) is 0 Å². The summed E-state index contributed by atoms with van der Waals surface area (Å²) in [6.45, 7) is 2.54. The predicted molar refractivity (Wildman–Crippen MR) is 85.0 cm³/mol. The van der Waals surface area contributed by atoms with E-state index in [2.05, 4.69) is 0 Å². The van der Waals surface area contributed by atoms with Crippen LogP contribution >= 0.6 is 0 Å². The number of carbonyl (C=O) groups excluding carboxylic acids is 4. The number of hydrogen-bond acceptors (Lipinski definition) is 6. The van der Waals surface area contributed by atoms with Crippen molar-refractivity contribution in [3.8, 4) is 0 Å². The molecule has 2 atom stereocenters. The summed E-state index contributed by atoms with van der Waals surface area (Å²) in [6.07, 6.45) is 3.35. The third-order valence-corrected chi connectivity index (χ3v) is 5.11. The molecule has 0 aromatic rings. The second-order valence-electron chi connectivity index (χ2n) is 6.75. The van der Waals surface area contributed by atoms with Gasteiger partial charge in [0.2, 0.25) is 0 Å². The Balaban J connectivity index is 2.01. The largest absolute Gasteiger partial charge is 0.466 e. The van der Waals surface area contributed by atoms with Gasteiger partial charge in [-0.3, -0.25) is 19.2 Å².